The number of rotatable bonds is 4. The van der Waals surface area contributed by atoms with Crippen molar-refractivity contribution in [3.63, 3.8) is 0 Å². The van der Waals surface area contributed by atoms with E-state index in [1.807, 2.05) is 11.8 Å². The molecule has 2 fully saturated rings. The summed E-state index contributed by atoms with van der Waals surface area (Å²) in [7, 11) is 0. The molecule has 4 heteroatoms. The van der Waals surface area contributed by atoms with Crippen LogP contribution in [0.3, 0.4) is 0 Å². The fourth-order valence-corrected chi connectivity index (χ4v) is 4.01. The molecule has 0 aromatic carbocycles. The smallest absolute Gasteiger partial charge is 0.156 e. The molecule has 3 nitrogen and oxygen atoms in total. The molecule has 0 spiro atoms. The molecule has 3 atom stereocenters. The molecule has 3 aliphatic rings. The summed E-state index contributed by atoms with van der Waals surface area (Å²) in [5, 5.41) is 5.49. The lowest BCUT2D eigenvalue weighted by molar-refractivity contribution is 0.0883. The zero-order chi connectivity index (χ0) is 11.7. The molecule has 17 heavy (non-hydrogen) atoms. The van der Waals surface area contributed by atoms with E-state index in [-0.39, 0.29) is 0 Å². The van der Waals surface area contributed by atoms with Gasteiger partial charge in [0.2, 0.25) is 0 Å². The van der Waals surface area contributed by atoms with Gasteiger partial charge >= 0.3 is 0 Å². The first kappa shape index (κ1) is 11.8. The Morgan fingerprint density at radius 2 is 2.29 bits per heavy atom. The molecule has 1 saturated carbocycles. The number of nitrogens with zero attached hydrogens (tertiary/aromatic N) is 1. The van der Waals surface area contributed by atoms with Gasteiger partial charge in [-0.3, -0.25) is 4.99 Å². The number of nitrogens with one attached hydrogen (secondary N) is 1. The number of amidine groups is 1. The quantitative estimate of drug-likeness (QED) is 0.835. The Morgan fingerprint density at radius 3 is 3.06 bits per heavy atom. The van der Waals surface area contributed by atoms with Gasteiger partial charge in [-0.1, -0.05) is 18.7 Å². The highest BCUT2D eigenvalue weighted by Crippen LogP contribution is 2.41. The molecule has 3 unspecified atom stereocenters. The van der Waals surface area contributed by atoms with Gasteiger partial charge in [0.05, 0.1) is 12.6 Å². The summed E-state index contributed by atoms with van der Waals surface area (Å²) >= 11 is 1.97. The summed E-state index contributed by atoms with van der Waals surface area (Å²) in [6.45, 7) is 5.24. The van der Waals surface area contributed by atoms with Crippen LogP contribution in [0.15, 0.2) is 4.99 Å². The highest BCUT2D eigenvalue weighted by atomic mass is 32.2. The molecule has 0 bridgehead atoms. The predicted octanol–water partition coefficient (Wildman–Crippen LogP) is 2.27. The van der Waals surface area contributed by atoms with E-state index in [9.17, 15) is 0 Å². The number of thioether (sulfide) groups is 1. The lowest BCUT2D eigenvalue weighted by atomic mass is 10.00. The fourth-order valence-electron chi connectivity index (χ4n) is 2.80. The Bertz CT molecular complexity index is 304. The standard InChI is InChI=1S/C13H22N2OS/c1-2-11-10(5-6-16-11)7-14-13-15-8-12(17-13)9-3-4-9/h9-12H,2-8H2,1H3,(H,14,15). The lowest BCUT2D eigenvalue weighted by Crippen LogP contribution is -2.30. The van der Waals surface area contributed by atoms with Gasteiger partial charge < -0.3 is 10.1 Å². The number of hydrogen-bond donors (Lipinski definition) is 1. The Hall–Kier alpha value is -0.220. The number of hydrogen-bond acceptors (Lipinski definition) is 4. The molecule has 2 heterocycles. The first-order chi connectivity index (χ1) is 8.36. The van der Waals surface area contributed by atoms with Gasteiger partial charge in [0.25, 0.3) is 0 Å². The molecule has 0 amide bonds. The maximum atomic E-state index is 5.71. The van der Waals surface area contributed by atoms with E-state index in [0.717, 1.165) is 37.3 Å². The maximum Gasteiger partial charge on any atom is 0.156 e. The molecule has 0 aromatic heterocycles. The highest BCUT2D eigenvalue weighted by Gasteiger charge is 2.35. The Labute approximate surface area is 108 Å². The van der Waals surface area contributed by atoms with E-state index in [1.165, 1.54) is 24.4 Å². The average molecular weight is 254 g/mol. The zero-order valence-corrected chi connectivity index (χ0v) is 11.3. The van der Waals surface area contributed by atoms with Crippen molar-refractivity contribution in [2.45, 2.75) is 44.0 Å². The summed E-state index contributed by atoms with van der Waals surface area (Å²) in [6.07, 6.45) is 5.66. The van der Waals surface area contributed by atoms with Crippen molar-refractivity contribution in [3.05, 3.63) is 0 Å². The van der Waals surface area contributed by atoms with E-state index in [0.29, 0.717) is 12.0 Å². The average Bonchev–Trinajstić information content (AvgIpc) is 2.93. The molecular formula is C13H22N2OS. The third kappa shape index (κ3) is 2.79. The molecule has 1 aliphatic carbocycles. The van der Waals surface area contributed by atoms with Gasteiger partial charge in [0.15, 0.2) is 5.17 Å². The Morgan fingerprint density at radius 1 is 1.41 bits per heavy atom. The van der Waals surface area contributed by atoms with Gasteiger partial charge in [0, 0.05) is 24.3 Å². The third-order valence-corrected chi connectivity index (χ3v) is 5.42. The second-order valence-corrected chi connectivity index (χ2v) is 6.61. The number of aliphatic imine (C=N–C) groups is 1. The van der Waals surface area contributed by atoms with Crippen LogP contribution in [-0.4, -0.2) is 36.2 Å². The minimum Gasteiger partial charge on any atom is -0.378 e. The van der Waals surface area contributed by atoms with Crippen LogP contribution in [0.1, 0.15) is 32.6 Å². The molecule has 0 radical (unpaired) electrons. The molecule has 2 aliphatic heterocycles. The molecule has 1 N–H and O–H groups in total. The van der Waals surface area contributed by atoms with E-state index < -0.39 is 0 Å². The maximum absolute atomic E-state index is 5.71. The molecular weight excluding hydrogens is 232 g/mol. The van der Waals surface area contributed by atoms with Crippen LogP contribution < -0.4 is 5.32 Å². The SMILES string of the molecule is CCC1OCCC1CNC1=NCC(C2CC2)S1. The predicted molar refractivity (Wildman–Crippen MR) is 72.5 cm³/mol. The highest BCUT2D eigenvalue weighted by molar-refractivity contribution is 8.14. The van der Waals surface area contributed by atoms with E-state index in [4.69, 9.17) is 4.74 Å². The molecule has 0 aromatic rings. The van der Waals surface area contributed by atoms with Crippen molar-refractivity contribution in [2.75, 3.05) is 19.7 Å². The van der Waals surface area contributed by atoms with E-state index >= 15 is 0 Å². The molecule has 96 valence electrons. The van der Waals surface area contributed by atoms with Crippen LogP contribution in [0.2, 0.25) is 0 Å². The van der Waals surface area contributed by atoms with Crippen LogP contribution in [0.25, 0.3) is 0 Å². The zero-order valence-electron chi connectivity index (χ0n) is 10.5. The van der Waals surface area contributed by atoms with Crippen LogP contribution in [0.5, 0.6) is 0 Å². The first-order valence-corrected chi connectivity index (χ1v) is 7.81. The van der Waals surface area contributed by atoms with Gasteiger partial charge in [-0.25, -0.2) is 0 Å². The Kier molecular flexibility index (Phi) is 3.61. The summed E-state index contributed by atoms with van der Waals surface area (Å²) in [5.41, 5.74) is 0. The van der Waals surface area contributed by atoms with Crippen LogP contribution >= 0.6 is 11.8 Å². The minimum absolute atomic E-state index is 0.466. The topological polar surface area (TPSA) is 33.6 Å². The summed E-state index contributed by atoms with van der Waals surface area (Å²) in [5.74, 6) is 1.64. The van der Waals surface area contributed by atoms with Gasteiger partial charge in [0.1, 0.15) is 0 Å². The van der Waals surface area contributed by atoms with Crippen molar-refractivity contribution in [1.29, 1.82) is 0 Å². The van der Waals surface area contributed by atoms with E-state index in [1.54, 1.807) is 0 Å². The van der Waals surface area contributed by atoms with Crippen LogP contribution in [-0.2, 0) is 4.74 Å². The molecule has 3 rings (SSSR count). The number of ether oxygens (including phenoxy) is 1. The summed E-state index contributed by atoms with van der Waals surface area (Å²) < 4.78 is 5.71. The van der Waals surface area contributed by atoms with Crippen molar-refractivity contribution in [1.82, 2.24) is 5.32 Å². The van der Waals surface area contributed by atoms with Crippen molar-refractivity contribution in [3.8, 4) is 0 Å². The largest absolute Gasteiger partial charge is 0.378 e. The second-order valence-electron chi connectivity index (χ2n) is 5.39. The Balaban J connectivity index is 1.42. The third-order valence-electron chi connectivity index (χ3n) is 4.09. The second kappa shape index (κ2) is 5.19. The molecule has 1 saturated heterocycles. The van der Waals surface area contributed by atoms with Gasteiger partial charge in [-0.15, -0.1) is 0 Å². The van der Waals surface area contributed by atoms with Gasteiger partial charge in [-0.2, -0.15) is 0 Å². The monoisotopic (exact) mass is 254 g/mol. The lowest BCUT2D eigenvalue weighted by Gasteiger charge is -2.17. The van der Waals surface area contributed by atoms with Crippen molar-refractivity contribution in [2.24, 2.45) is 16.8 Å². The van der Waals surface area contributed by atoms with Crippen molar-refractivity contribution < 1.29 is 4.74 Å². The minimum atomic E-state index is 0.466. The first-order valence-electron chi connectivity index (χ1n) is 6.93. The summed E-state index contributed by atoms with van der Waals surface area (Å²) in [4.78, 5) is 4.62. The van der Waals surface area contributed by atoms with Gasteiger partial charge in [-0.05, 0) is 31.6 Å². The normalized spacial score (nSPS) is 37.2. The van der Waals surface area contributed by atoms with Crippen molar-refractivity contribution >= 4 is 16.9 Å². The fraction of sp³-hybridized carbons (Fsp3) is 0.923. The van der Waals surface area contributed by atoms with Crippen LogP contribution in [0.4, 0.5) is 0 Å². The summed E-state index contributed by atoms with van der Waals surface area (Å²) in [6, 6.07) is 0. The van der Waals surface area contributed by atoms with E-state index in [2.05, 4.69) is 17.2 Å². The van der Waals surface area contributed by atoms with Crippen LogP contribution in [0, 0.1) is 11.8 Å².